The lowest BCUT2D eigenvalue weighted by Crippen LogP contribution is -2.43. The van der Waals surface area contributed by atoms with E-state index in [1.165, 1.54) is 11.8 Å². The molecule has 0 heterocycles. The van der Waals surface area contributed by atoms with E-state index in [4.69, 9.17) is 5.73 Å². The maximum atomic E-state index is 11.3. The lowest BCUT2D eigenvalue weighted by molar-refractivity contribution is -0.117. The van der Waals surface area contributed by atoms with Crippen molar-refractivity contribution in [2.75, 3.05) is 11.5 Å². The Morgan fingerprint density at radius 2 is 1.94 bits per heavy atom. The van der Waals surface area contributed by atoms with Gasteiger partial charge in [-0.3, -0.25) is 10.1 Å². The molecule has 0 atom stereocenters. The minimum atomic E-state index is -0.451. The van der Waals surface area contributed by atoms with Gasteiger partial charge in [-0.05, 0) is 27.7 Å². The largest absolute Gasteiger partial charge is 0.336 e. The van der Waals surface area contributed by atoms with Gasteiger partial charge in [-0.1, -0.05) is 0 Å². The first-order valence-corrected chi connectivity index (χ1v) is 6.33. The predicted molar refractivity (Wildman–Crippen MR) is 67.4 cm³/mol. The molecule has 0 radical (unpaired) electrons. The molecular formula is C10H21N3O2S. The monoisotopic (exact) mass is 247 g/mol. The zero-order valence-corrected chi connectivity index (χ0v) is 11.1. The highest BCUT2D eigenvalue weighted by Gasteiger charge is 2.13. The van der Waals surface area contributed by atoms with Gasteiger partial charge in [-0.15, -0.1) is 0 Å². The van der Waals surface area contributed by atoms with Crippen LogP contribution in [0.15, 0.2) is 0 Å². The molecule has 0 rings (SSSR count). The van der Waals surface area contributed by atoms with Gasteiger partial charge in [0.15, 0.2) is 0 Å². The summed E-state index contributed by atoms with van der Waals surface area (Å²) in [5, 5.41) is 4.82. The topological polar surface area (TPSA) is 84.2 Å². The molecule has 0 aliphatic rings. The Hall–Kier alpha value is -0.750. The maximum Gasteiger partial charge on any atom is 0.321 e. The summed E-state index contributed by atoms with van der Waals surface area (Å²) in [6, 6.07) is -0.434. The SMILES string of the molecule is CC(C)NC(=O)NC(=O)CSCC(C)(C)N. The van der Waals surface area contributed by atoms with Crippen LogP contribution in [0.5, 0.6) is 0 Å². The van der Waals surface area contributed by atoms with E-state index in [-0.39, 0.29) is 23.2 Å². The van der Waals surface area contributed by atoms with E-state index in [0.717, 1.165) is 0 Å². The molecule has 0 aliphatic carbocycles. The Balaban J connectivity index is 3.71. The summed E-state index contributed by atoms with van der Waals surface area (Å²) in [7, 11) is 0. The zero-order valence-electron chi connectivity index (χ0n) is 10.3. The number of urea groups is 1. The van der Waals surface area contributed by atoms with Gasteiger partial charge in [0, 0.05) is 17.3 Å². The maximum absolute atomic E-state index is 11.3. The molecule has 4 N–H and O–H groups in total. The third-order valence-corrected chi connectivity index (χ3v) is 2.79. The second-order valence-corrected chi connectivity index (χ2v) is 5.64. The molecule has 0 saturated carbocycles. The van der Waals surface area contributed by atoms with E-state index in [1.807, 2.05) is 27.7 Å². The number of carbonyl (C=O) groups excluding carboxylic acids is 2. The van der Waals surface area contributed by atoms with Crippen molar-refractivity contribution in [3.63, 3.8) is 0 Å². The summed E-state index contributed by atoms with van der Waals surface area (Å²) < 4.78 is 0. The molecule has 5 nitrogen and oxygen atoms in total. The van der Waals surface area contributed by atoms with Gasteiger partial charge in [-0.25, -0.2) is 4.79 Å². The van der Waals surface area contributed by atoms with Gasteiger partial charge in [0.25, 0.3) is 0 Å². The second-order valence-electron chi connectivity index (χ2n) is 4.66. The van der Waals surface area contributed by atoms with Gasteiger partial charge in [-0.2, -0.15) is 11.8 Å². The molecule has 0 saturated heterocycles. The Labute approximate surface area is 101 Å². The molecule has 0 fully saturated rings. The summed E-state index contributed by atoms with van der Waals surface area (Å²) in [5.41, 5.74) is 5.46. The first-order chi connectivity index (χ1) is 7.20. The van der Waals surface area contributed by atoms with Crippen molar-refractivity contribution in [2.24, 2.45) is 5.73 Å². The van der Waals surface area contributed by atoms with E-state index in [0.29, 0.717) is 5.75 Å². The van der Waals surface area contributed by atoms with Crippen LogP contribution in [-0.4, -0.2) is 35.0 Å². The molecule has 6 heteroatoms. The third kappa shape index (κ3) is 9.79. The summed E-state index contributed by atoms with van der Waals surface area (Å²) in [6.07, 6.45) is 0. The lowest BCUT2D eigenvalue weighted by Gasteiger charge is -2.17. The van der Waals surface area contributed by atoms with E-state index >= 15 is 0 Å². The van der Waals surface area contributed by atoms with Crippen molar-refractivity contribution in [3.05, 3.63) is 0 Å². The molecule has 94 valence electrons. The van der Waals surface area contributed by atoms with E-state index in [9.17, 15) is 9.59 Å². The number of hydrogen-bond acceptors (Lipinski definition) is 4. The van der Waals surface area contributed by atoms with Gasteiger partial charge < -0.3 is 11.1 Å². The van der Waals surface area contributed by atoms with Crippen LogP contribution in [0.4, 0.5) is 4.79 Å². The Bertz CT molecular complexity index is 249. The highest BCUT2D eigenvalue weighted by atomic mass is 32.2. The molecule has 16 heavy (non-hydrogen) atoms. The Morgan fingerprint density at radius 3 is 2.38 bits per heavy atom. The standard InChI is InChI=1S/C10H21N3O2S/c1-7(2)12-9(15)13-8(14)5-16-6-10(3,4)11/h7H,5-6,11H2,1-4H3,(H2,12,13,14,15). The number of thioether (sulfide) groups is 1. The van der Waals surface area contributed by atoms with Crippen LogP contribution in [0, 0.1) is 0 Å². The van der Waals surface area contributed by atoms with Crippen molar-refractivity contribution >= 4 is 23.7 Å². The molecule has 0 spiro atoms. The lowest BCUT2D eigenvalue weighted by atomic mass is 10.1. The molecule has 3 amide bonds. The van der Waals surface area contributed by atoms with Crippen molar-refractivity contribution < 1.29 is 9.59 Å². The average molecular weight is 247 g/mol. The molecule has 0 aromatic rings. The third-order valence-electron chi connectivity index (χ3n) is 1.38. The second kappa shape index (κ2) is 6.75. The number of amides is 3. The first kappa shape index (κ1) is 15.2. The molecule has 0 aliphatic heterocycles. The highest BCUT2D eigenvalue weighted by Crippen LogP contribution is 2.08. The van der Waals surface area contributed by atoms with Crippen LogP contribution in [0.3, 0.4) is 0 Å². The summed E-state index contributed by atoms with van der Waals surface area (Å²) in [5.74, 6) is 0.616. The number of hydrogen-bond donors (Lipinski definition) is 3. The van der Waals surface area contributed by atoms with Crippen LogP contribution < -0.4 is 16.4 Å². The van der Waals surface area contributed by atoms with Crippen molar-refractivity contribution in [1.82, 2.24) is 10.6 Å². The molecule has 0 aromatic heterocycles. The summed E-state index contributed by atoms with van der Waals surface area (Å²) in [4.78, 5) is 22.4. The van der Waals surface area contributed by atoms with Gasteiger partial charge >= 0.3 is 6.03 Å². The fourth-order valence-electron chi connectivity index (χ4n) is 0.868. The van der Waals surface area contributed by atoms with E-state index < -0.39 is 6.03 Å². The van der Waals surface area contributed by atoms with Crippen molar-refractivity contribution in [1.29, 1.82) is 0 Å². The van der Waals surface area contributed by atoms with Crippen LogP contribution in [-0.2, 0) is 4.79 Å². The van der Waals surface area contributed by atoms with Crippen molar-refractivity contribution in [3.8, 4) is 0 Å². The fourth-order valence-corrected chi connectivity index (χ4v) is 1.75. The summed E-state index contributed by atoms with van der Waals surface area (Å²) >= 11 is 1.41. The average Bonchev–Trinajstić information content (AvgIpc) is 1.98. The minimum Gasteiger partial charge on any atom is -0.336 e. The Kier molecular flexibility index (Phi) is 6.43. The van der Waals surface area contributed by atoms with Gasteiger partial charge in [0.05, 0.1) is 5.75 Å². The first-order valence-electron chi connectivity index (χ1n) is 5.17. The highest BCUT2D eigenvalue weighted by molar-refractivity contribution is 8.00. The normalized spacial score (nSPS) is 11.4. The number of imide groups is 1. The summed E-state index contributed by atoms with van der Waals surface area (Å²) in [6.45, 7) is 7.44. The fraction of sp³-hybridized carbons (Fsp3) is 0.800. The van der Waals surface area contributed by atoms with Crippen LogP contribution >= 0.6 is 11.8 Å². The van der Waals surface area contributed by atoms with Crippen LogP contribution in [0.1, 0.15) is 27.7 Å². The van der Waals surface area contributed by atoms with E-state index in [1.54, 1.807) is 0 Å². The van der Waals surface area contributed by atoms with Crippen LogP contribution in [0.25, 0.3) is 0 Å². The zero-order chi connectivity index (χ0) is 12.8. The number of nitrogens with one attached hydrogen (secondary N) is 2. The Morgan fingerprint density at radius 1 is 1.38 bits per heavy atom. The molecule has 0 aromatic carbocycles. The number of nitrogens with two attached hydrogens (primary N) is 1. The van der Waals surface area contributed by atoms with Gasteiger partial charge in [0.2, 0.25) is 5.91 Å². The van der Waals surface area contributed by atoms with Crippen LogP contribution in [0.2, 0.25) is 0 Å². The molecular weight excluding hydrogens is 226 g/mol. The van der Waals surface area contributed by atoms with Crippen molar-refractivity contribution in [2.45, 2.75) is 39.3 Å². The smallest absolute Gasteiger partial charge is 0.321 e. The molecule has 0 bridgehead atoms. The molecule has 0 unspecified atom stereocenters. The van der Waals surface area contributed by atoms with Gasteiger partial charge in [0.1, 0.15) is 0 Å². The van der Waals surface area contributed by atoms with E-state index in [2.05, 4.69) is 10.6 Å². The minimum absolute atomic E-state index is 0.0171. The number of carbonyl (C=O) groups is 2. The predicted octanol–water partition coefficient (Wildman–Crippen LogP) is 0.691. The number of rotatable bonds is 5. The quantitative estimate of drug-likeness (QED) is 0.667.